The molecule has 1 saturated carbocycles. The number of benzene rings is 2. The monoisotopic (exact) mass is 386 g/mol. The highest BCUT2D eigenvalue weighted by molar-refractivity contribution is 9.10. The molecule has 0 amide bonds. The Morgan fingerprint density at radius 2 is 1.46 bits per heavy atom. The third kappa shape index (κ3) is 4.57. The minimum absolute atomic E-state index is 0.240. The van der Waals surface area contributed by atoms with Crippen LogP contribution in [0, 0.1) is 5.92 Å². The predicted octanol–water partition coefficient (Wildman–Crippen LogP) is 7.31. The summed E-state index contributed by atoms with van der Waals surface area (Å²) in [7, 11) is 0. The van der Waals surface area contributed by atoms with E-state index in [2.05, 4.69) is 70.5 Å². The van der Waals surface area contributed by atoms with Gasteiger partial charge in [-0.25, -0.2) is 0 Å². The number of alkyl halides is 1. The van der Waals surface area contributed by atoms with Crippen LogP contribution in [0.1, 0.15) is 43.6 Å². The Balaban J connectivity index is 1.59. The summed E-state index contributed by atoms with van der Waals surface area (Å²) in [6.07, 6.45) is 9.73. The molecule has 0 N–H and O–H groups in total. The van der Waals surface area contributed by atoms with Gasteiger partial charge in [0.2, 0.25) is 0 Å². The average Bonchev–Trinajstić information content (AvgIpc) is 2.63. The summed E-state index contributed by atoms with van der Waals surface area (Å²) in [5, 5.41) is 0. The van der Waals surface area contributed by atoms with E-state index in [0.717, 1.165) is 4.47 Å². The summed E-state index contributed by atoms with van der Waals surface area (Å²) in [6, 6.07) is 17.5. The predicted molar refractivity (Wildman–Crippen MR) is 104 cm³/mol. The Hall–Kier alpha value is -1.41. The minimum Gasteiger partial charge on any atom is -0.251 e. The molecular weight excluding hydrogens is 363 g/mol. The van der Waals surface area contributed by atoms with Crippen LogP contribution in [0.15, 0.2) is 65.2 Å². The lowest BCUT2D eigenvalue weighted by Gasteiger charge is -2.27. The maximum absolute atomic E-state index is 12.2. The molecule has 2 aromatic rings. The van der Waals surface area contributed by atoms with E-state index in [9.17, 15) is 4.39 Å². The SMILES string of the molecule is FCC/C=C/C1CCC(c2ccc(-c3ccc(Br)cc3)cc2)CC1. The van der Waals surface area contributed by atoms with Crippen molar-refractivity contribution in [2.75, 3.05) is 6.67 Å². The molecule has 0 spiro atoms. The van der Waals surface area contributed by atoms with Gasteiger partial charge in [-0.05, 0) is 72.8 Å². The lowest BCUT2D eigenvalue weighted by molar-refractivity contribution is 0.375. The van der Waals surface area contributed by atoms with Crippen LogP contribution in [-0.4, -0.2) is 6.67 Å². The molecule has 3 rings (SSSR count). The molecule has 0 bridgehead atoms. The van der Waals surface area contributed by atoms with Gasteiger partial charge in [-0.15, -0.1) is 0 Å². The van der Waals surface area contributed by atoms with Gasteiger partial charge in [0.25, 0.3) is 0 Å². The van der Waals surface area contributed by atoms with Crippen LogP contribution in [-0.2, 0) is 0 Å². The van der Waals surface area contributed by atoms with E-state index in [-0.39, 0.29) is 6.67 Å². The second-order valence-electron chi connectivity index (χ2n) is 6.65. The summed E-state index contributed by atoms with van der Waals surface area (Å²) in [4.78, 5) is 0. The quantitative estimate of drug-likeness (QED) is 0.472. The molecule has 1 aliphatic carbocycles. The Morgan fingerprint density at radius 1 is 0.875 bits per heavy atom. The molecule has 0 heterocycles. The van der Waals surface area contributed by atoms with Crippen LogP contribution in [0.5, 0.6) is 0 Å². The average molecular weight is 387 g/mol. The molecule has 0 aliphatic heterocycles. The van der Waals surface area contributed by atoms with Crippen LogP contribution in [0.4, 0.5) is 4.39 Å². The smallest absolute Gasteiger partial charge is 0.0928 e. The van der Waals surface area contributed by atoms with Gasteiger partial charge in [0.15, 0.2) is 0 Å². The molecule has 2 heteroatoms. The van der Waals surface area contributed by atoms with Crippen LogP contribution < -0.4 is 0 Å². The molecule has 0 atom stereocenters. The number of rotatable bonds is 5. The zero-order valence-electron chi connectivity index (χ0n) is 13.9. The first-order valence-corrected chi connectivity index (χ1v) is 9.64. The van der Waals surface area contributed by atoms with E-state index in [1.165, 1.54) is 42.4 Å². The molecule has 0 nitrogen and oxygen atoms in total. The van der Waals surface area contributed by atoms with Gasteiger partial charge in [0.05, 0.1) is 6.67 Å². The van der Waals surface area contributed by atoms with E-state index >= 15 is 0 Å². The van der Waals surface area contributed by atoms with Crippen molar-refractivity contribution < 1.29 is 4.39 Å². The topological polar surface area (TPSA) is 0 Å². The van der Waals surface area contributed by atoms with Crippen molar-refractivity contribution in [1.29, 1.82) is 0 Å². The highest BCUT2D eigenvalue weighted by Gasteiger charge is 2.20. The maximum Gasteiger partial charge on any atom is 0.0928 e. The lowest BCUT2D eigenvalue weighted by atomic mass is 9.78. The van der Waals surface area contributed by atoms with Crippen LogP contribution in [0.25, 0.3) is 11.1 Å². The zero-order valence-corrected chi connectivity index (χ0v) is 15.5. The Bertz CT molecular complexity index is 649. The van der Waals surface area contributed by atoms with Gasteiger partial charge < -0.3 is 0 Å². The number of halogens is 2. The first kappa shape index (κ1) is 17.4. The third-order valence-electron chi connectivity index (χ3n) is 5.02. The molecular formula is C22H24BrF. The summed E-state index contributed by atoms with van der Waals surface area (Å²) in [5.74, 6) is 1.32. The number of allylic oxidation sites excluding steroid dienone is 2. The van der Waals surface area contributed by atoms with Crippen molar-refractivity contribution in [3.63, 3.8) is 0 Å². The molecule has 1 fully saturated rings. The van der Waals surface area contributed by atoms with Gasteiger partial charge in [0.1, 0.15) is 0 Å². The van der Waals surface area contributed by atoms with Crippen LogP contribution >= 0.6 is 15.9 Å². The second-order valence-corrected chi connectivity index (χ2v) is 7.56. The summed E-state index contributed by atoms with van der Waals surface area (Å²) in [6.45, 7) is -0.240. The van der Waals surface area contributed by atoms with E-state index in [4.69, 9.17) is 0 Å². The van der Waals surface area contributed by atoms with Crippen molar-refractivity contribution in [2.45, 2.75) is 38.0 Å². The van der Waals surface area contributed by atoms with E-state index < -0.39 is 0 Å². The highest BCUT2D eigenvalue weighted by atomic mass is 79.9. The van der Waals surface area contributed by atoms with E-state index in [0.29, 0.717) is 18.3 Å². The van der Waals surface area contributed by atoms with E-state index in [1.807, 2.05) is 6.08 Å². The zero-order chi connectivity index (χ0) is 16.8. The van der Waals surface area contributed by atoms with Crippen LogP contribution in [0.3, 0.4) is 0 Å². The fourth-order valence-electron chi connectivity index (χ4n) is 3.59. The molecule has 126 valence electrons. The fraction of sp³-hybridized carbons (Fsp3) is 0.364. The van der Waals surface area contributed by atoms with Crippen molar-refractivity contribution in [3.05, 3.63) is 70.7 Å². The van der Waals surface area contributed by atoms with Crippen molar-refractivity contribution in [1.82, 2.24) is 0 Å². The van der Waals surface area contributed by atoms with E-state index in [1.54, 1.807) is 0 Å². The third-order valence-corrected chi connectivity index (χ3v) is 5.54. The van der Waals surface area contributed by atoms with Gasteiger partial charge in [-0.3, -0.25) is 4.39 Å². The van der Waals surface area contributed by atoms with Gasteiger partial charge in [-0.1, -0.05) is 64.5 Å². The Morgan fingerprint density at radius 3 is 2.04 bits per heavy atom. The second kappa shape index (κ2) is 8.62. The first-order chi connectivity index (χ1) is 11.8. The van der Waals surface area contributed by atoms with Crippen molar-refractivity contribution in [3.8, 4) is 11.1 Å². The van der Waals surface area contributed by atoms with Gasteiger partial charge in [-0.2, -0.15) is 0 Å². The number of hydrogen-bond acceptors (Lipinski definition) is 0. The summed E-state index contributed by atoms with van der Waals surface area (Å²) >= 11 is 3.48. The van der Waals surface area contributed by atoms with Crippen molar-refractivity contribution >= 4 is 15.9 Å². The molecule has 1 aliphatic rings. The largest absolute Gasteiger partial charge is 0.251 e. The normalized spacial score (nSPS) is 21.2. The first-order valence-electron chi connectivity index (χ1n) is 8.85. The number of hydrogen-bond donors (Lipinski definition) is 0. The Labute approximate surface area is 152 Å². The molecule has 0 radical (unpaired) electrons. The maximum atomic E-state index is 12.2. The minimum atomic E-state index is -0.240. The van der Waals surface area contributed by atoms with Crippen LogP contribution in [0.2, 0.25) is 0 Å². The Kier molecular flexibility index (Phi) is 6.25. The molecule has 24 heavy (non-hydrogen) atoms. The van der Waals surface area contributed by atoms with Gasteiger partial charge in [0, 0.05) is 4.47 Å². The molecule has 0 saturated heterocycles. The standard InChI is InChI=1S/C22H24BrF/c23-22-14-12-21(13-15-22)20-10-8-19(9-11-20)18-6-4-17(5-7-18)3-1-2-16-24/h1,3,8-15,17-18H,2,4-7,16H2/b3-1+. The summed E-state index contributed by atoms with van der Waals surface area (Å²) in [5.41, 5.74) is 3.99. The molecule has 0 unspecified atom stereocenters. The fourth-order valence-corrected chi connectivity index (χ4v) is 3.85. The molecule has 0 aromatic heterocycles. The molecule has 2 aromatic carbocycles. The van der Waals surface area contributed by atoms with Gasteiger partial charge >= 0.3 is 0 Å². The highest BCUT2D eigenvalue weighted by Crippen LogP contribution is 2.37. The summed E-state index contributed by atoms with van der Waals surface area (Å²) < 4.78 is 13.3. The van der Waals surface area contributed by atoms with Crippen molar-refractivity contribution in [2.24, 2.45) is 5.92 Å². The lowest BCUT2D eigenvalue weighted by Crippen LogP contribution is -2.11.